The van der Waals surface area contributed by atoms with E-state index in [0.717, 1.165) is 18.4 Å². The average molecular weight is 377 g/mol. The van der Waals surface area contributed by atoms with Crippen molar-refractivity contribution in [3.63, 3.8) is 0 Å². The molecule has 4 heteroatoms. The van der Waals surface area contributed by atoms with E-state index in [2.05, 4.69) is 6.92 Å². The Hall–Kier alpha value is -1.84. The van der Waals surface area contributed by atoms with Crippen molar-refractivity contribution in [3.05, 3.63) is 23.8 Å². The van der Waals surface area contributed by atoms with Gasteiger partial charge in [-0.3, -0.25) is 9.59 Å². The molecule has 0 saturated carbocycles. The van der Waals surface area contributed by atoms with Crippen LogP contribution in [0.5, 0.6) is 11.5 Å². The highest BCUT2D eigenvalue weighted by Crippen LogP contribution is 2.30. The Morgan fingerprint density at radius 2 is 1.30 bits per heavy atom. The normalized spacial score (nSPS) is 11.1. The summed E-state index contributed by atoms with van der Waals surface area (Å²) in [6, 6.07) is 5.52. The van der Waals surface area contributed by atoms with Crippen molar-refractivity contribution in [2.75, 3.05) is 0 Å². The van der Waals surface area contributed by atoms with E-state index in [1.54, 1.807) is 33.8 Å². The minimum atomic E-state index is -0.336. The van der Waals surface area contributed by atoms with E-state index < -0.39 is 0 Å². The predicted molar refractivity (Wildman–Crippen MR) is 109 cm³/mol. The Morgan fingerprint density at radius 1 is 0.778 bits per heavy atom. The number of ether oxygens (including phenoxy) is 2. The SMILES string of the molecule is CCCCCCCCCc1ccc(OC(=O)C(C)C)c(OC(=O)C(C)C)c1. The summed E-state index contributed by atoms with van der Waals surface area (Å²) in [6.45, 7) is 9.34. The largest absolute Gasteiger partial charge is 0.422 e. The Bertz CT molecular complexity index is 590. The zero-order valence-corrected chi connectivity index (χ0v) is 17.7. The number of esters is 2. The zero-order chi connectivity index (χ0) is 20.2. The molecule has 0 spiro atoms. The molecule has 0 heterocycles. The van der Waals surface area contributed by atoms with Crippen LogP contribution >= 0.6 is 0 Å². The van der Waals surface area contributed by atoms with E-state index in [9.17, 15) is 9.59 Å². The number of carbonyl (C=O) groups is 2. The number of aryl methyl sites for hydroxylation is 1. The van der Waals surface area contributed by atoms with Crippen LogP contribution in [0.2, 0.25) is 0 Å². The summed E-state index contributed by atoms with van der Waals surface area (Å²) in [6.07, 6.45) is 9.71. The van der Waals surface area contributed by atoms with E-state index in [1.807, 2.05) is 12.1 Å². The Labute approximate surface area is 164 Å². The highest BCUT2D eigenvalue weighted by Gasteiger charge is 2.18. The van der Waals surface area contributed by atoms with Gasteiger partial charge in [-0.05, 0) is 30.5 Å². The molecular weight excluding hydrogens is 340 g/mol. The van der Waals surface area contributed by atoms with Gasteiger partial charge in [0, 0.05) is 0 Å². The number of hydrogen-bond acceptors (Lipinski definition) is 4. The van der Waals surface area contributed by atoms with Crippen LogP contribution in [0.4, 0.5) is 0 Å². The van der Waals surface area contributed by atoms with Gasteiger partial charge in [-0.1, -0.05) is 79.2 Å². The molecule has 27 heavy (non-hydrogen) atoms. The third kappa shape index (κ3) is 9.07. The van der Waals surface area contributed by atoms with Gasteiger partial charge in [-0.25, -0.2) is 0 Å². The van der Waals surface area contributed by atoms with Gasteiger partial charge in [-0.15, -0.1) is 0 Å². The maximum atomic E-state index is 12.0. The highest BCUT2D eigenvalue weighted by atomic mass is 16.6. The first-order valence-corrected chi connectivity index (χ1v) is 10.4. The number of unbranched alkanes of at least 4 members (excludes halogenated alkanes) is 6. The number of benzene rings is 1. The highest BCUT2D eigenvalue weighted by molar-refractivity contribution is 5.78. The molecule has 0 aliphatic heterocycles. The summed E-state index contributed by atoms with van der Waals surface area (Å²) < 4.78 is 10.9. The van der Waals surface area contributed by atoms with Crippen molar-refractivity contribution in [3.8, 4) is 11.5 Å². The van der Waals surface area contributed by atoms with Crippen molar-refractivity contribution in [1.29, 1.82) is 0 Å². The summed E-state index contributed by atoms with van der Waals surface area (Å²) in [7, 11) is 0. The summed E-state index contributed by atoms with van der Waals surface area (Å²) >= 11 is 0. The van der Waals surface area contributed by atoms with Crippen LogP contribution in [0.3, 0.4) is 0 Å². The first-order chi connectivity index (χ1) is 12.8. The van der Waals surface area contributed by atoms with Crippen LogP contribution in [0.25, 0.3) is 0 Å². The van der Waals surface area contributed by atoms with Gasteiger partial charge >= 0.3 is 11.9 Å². The van der Waals surface area contributed by atoms with Crippen molar-refractivity contribution in [1.82, 2.24) is 0 Å². The van der Waals surface area contributed by atoms with E-state index in [0.29, 0.717) is 11.5 Å². The fourth-order valence-electron chi connectivity index (χ4n) is 2.61. The van der Waals surface area contributed by atoms with Crippen LogP contribution in [-0.4, -0.2) is 11.9 Å². The number of carbonyl (C=O) groups excluding carboxylic acids is 2. The van der Waals surface area contributed by atoms with Crippen molar-refractivity contribution >= 4 is 11.9 Å². The van der Waals surface area contributed by atoms with Crippen molar-refractivity contribution < 1.29 is 19.1 Å². The molecule has 0 radical (unpaired) electrons. The zero-order valence-electron chi connectivity index (χ0n) is 17.7. The lowest BCUT2D eigenvalue weighted by molar-refractivity contribution is -0.140. The topological polar surface area (TPSA) is 52.6 Å². The van der Waals surface area contributed by atoms with Crippen LogP contribution < -0.4 is 9.47 Å². The monoisotopic (exact) mass is 376 g/mol. The van der Waals surface area contributed by atoms with E-state index in [-0.39, 0.29) is 23.8 Å². The lowest BCUT2D eigenvalue weighted by atomic mass is 10.0. The molecule has 1 rings (SSSR count). The van der Waals surface area contributed by atoms with Gasteiger partial charge in [0.05, 0.1) is 11.8 Å². The van der Waals surface area contributed by atoms with Gasteiger partial charge in [0.25, 0.3) is 0 Å². The molecule has 0 aliphatic carbocycles. The molecule has 152 valence electrons. The second-order valence-electron chi connectivity index (χ2n) is 7.80. The van der Waals surface area contributed by atoms with E-state index in [4.69, 9.17) is 9.47 Å². The fourth-order valence-corrected chi connectivity index (χ4v) is 2.61. The quantitative estimate of drug-likeness (QED) is 0.251. The summed E-state index contributed by atoms with van der Waals surface area (Å²) in [5.41, 5.74) is 1.10. The number of hydrogen-bond donors (Lipinski definition) is 0. The maximum Gasteiger partial charge on any atom is 0.313 e. The predicted octanol–water partition coefficient (Wildman–Crippen LogP) is 6.10. The molecule has 0 fully saturated rings. The Morgan fingerprint density at radius 3 is 1.85 bits per heavy atom. The molecule has 1 aromatic rings. The fraction of sp³-hybridized carbons (Fsp3) is 0.652. The average Bonchev–Trinajstić information content (AvgIpc) is 2.62. The van der Waals surface area contributed by atoms with E-state index >= 15 is 0 Å². The molecular formula is C23H36O4. The molecule has 0 N–H and O–H groups in total. The molecule has 0 unspecified atom stereocenters. The standard InChI is InChI=1S/C23H36O4/c1-6-7-8-9-10-11-12-13-19-14-15-20(26-22(24)17(2)3)21(16-19)27-23(25)18(4)5/h14-18H,6-13H2,1-5H3. The molecule has 0 amide bonds. The molecule has 4 nitrogen and oxygen atoms in total. The Kier molecular flexibility index (Phi) is 10.8. The lowest BCUT2D eigenvalue weighted by Crippen LogP contribution is -2.18. The van der Waals surface area contributed by atoms with Crippen LogP contribution in [-0.2, 0) is 16.0 Å². The second-order valence-corrected chi connectivity index (χ2v) is 7.80. The van der Waals surface area contributed by atoms with Crippen LogP contribution in [0.15, 0.2) is 18.2 Å². The Balaban J connectivity index is 2.71. The maximum absolute atomic E-state index is 12.0. The summed E-state index contributed by atoms with van der Waals surface area (Å²) in [5, 5.41) is 0. The lowest BCUT2D eigenvalue weighted by Gasteiger charge is -2.14. The molecule has 0 aliphatic rings. The summed E-state index contributed by atoms with van der Waals surface area (Å²) in [4.78, 5) is 23.9. The number of rotatable bonds is 12. The van der Waals surface area contributed by atoms with Gasteiger partial charge < -0.3 is 9.47 Å². The molecule has 0 saturated heterocycles. The minimum absolute atomic E-state index is 0.244. The smallest absolute Gasteiger partial charge is 0.313 e. The minimum Gasteiger partial charge on any atom is -0.422 e. The van der Waals surface area contributed by atoms with E-state index in [1.165, 1.54) is 38.5 Å². The van der Waals surface area contributed by atoms with Crippen LogP contribution in [0.1, 0.15) is 85.1 Å². The molecule has 0 bridgehead atoms. The first-order valence-electron chi connectivity index (χ1n) is 10.4. The van der Waals surface area contributed by atoms with Crippen LogP contribution in [0, 0.1) is 11.8 Å². The summed E-state index contributed by atoms with van der Waals surface area (Å²) in [5.74, 6) is -0.507. The van der Waals surface area contributed by atoms with Gasteiger partial charge in [0.2, 0.25) is 0 Å². The van der Waals surface area contributed by atoms with Gasteiger partial charge in [0.1, 0.15) is 0 Å². The molecule has 1 aromatic carbocycles. The third-order valence-electron chi connectivity index (χ3n) is 4.44. The van der Waals surface area contributed by atoms with Gasteiger partial charge in [-0.2, -0.15) is 0 Å². The van der Waals surface area contributed by atoms with Crippen molar-refractivity contribution in [2.45, 2.75) is 86.0 Å². The second kappa shape index (κ2) is 12.5. The molecule has 0 aromatic heterocycles. The van der Waals surface area contributed by atoms with Crippen molar-refractivity contribution in [2.24, 2.45) is 11.8 Å². The first kappa shape index (κ1) is 23.2. The van der Waals surface area contributed by atoms with Gasteiger partial charge in [0.15, 0.2) is 11.5 Å². The third-order valence-corrected chi connectivity index (χ3v) is 4.44. The molecule has 0 atom stereocenters.